The minimum absolute atomic E-state index is 0.0999. The maximum atomic E-state index is 13.2. The van der Waals surface area contributed by atoms with Crippen LogP contribution in [0, 0.1) is 17.2 Å². The Morgan fingerprint density at radius 3 is 2.38 bits per heavy atom. The lowest BCUT2D eigenvalue weighted by Crippen LogP contribution is -2.54. The Bertz CT molecular complexity index is 1040. The molecule has 1 aliphatic heterocycles. The summed E-state index contributed by atoms with van der Waals surface area (Å²) in [5, 5.41) is 17.0. The van der Waals surface area contributed by atoms with E-state index in [0.29, 0.717) is 16.3 Å². The third-order valence-corrected chi connectivity index (χ3v) is 4.70. The molecule has 2 atom stereocenters. The van der Waals surface area contributed by atoms with Crippen LogP contribution >= 0.6 is 0 Å². The smallest absolute Gasteiger partial charge is 0.338 e. The second-order valence-corrected chi connectivity index (χ2v) is 6.67. The zero-order chi connectivity index (χ0) is 25.3. The van der Waals surface area contributed by atoms with Gasteiger partial charge in [0.1, 0.15) is 12.3 Å². The van der Waals surface area contributed by atoms with E-state index in [-0.39, 0.29) is 12.3 Å². The molecular formula is C22H24N4O8. The maximum absolute atomic E-state index is 13.2. The molecule has 34 heavy (non-hydrogen) atoms. The Hall–Kier alpha value is -4.40. The fourth-order valence-electron chi connectivity index (χ4n) is 3.11. The van der Waals surface area contributed by atoms with E-state index in [4.69, 9.17) is 18.9 Å². The number of nitrogens with zero attached hydrogens (tertiary/aromatic N) is 3. The highest BCUT2D eigenvalue weighted by molar-refractivity contribution is 6.04. The van der Waals surface area contributed by atoms with E-state index < -0.39 is 47.9 Å². The molecule has 0 aliphatic carbocycles. The van der Waals surface area contributed by atoms with Crippen molar-refractivity contribution in [2.75, 3.05) is 34.5 Å². The van der Waals surface area contributed by atoms with Crippen molar-refractivity contribution in [1.29, 1.82) is 5.26 Å². The van der Waals surface area contributed by atoms with Gasteiger partial charge in [-0.2, -0.15) is 10.4 Å². The Kier molecular flexibility index (Phi) is 9.13. The Balaban J connectivity index is 2.58. The van der Waals surface area contributed by atoms with Crippen molar-refractivity contribution in [2.24, 2.45) is 11.0 Å². The summed E-state index contributed by atoms with van der Waals surface area (Å²) in [5.41, 5.74) is -0.115. The van der Waals surface area contributed by atoms with E-state index in [1.54, 1.807) is 37.3 Å². The first kappa shape index (κ1) is 25.9. The quantitative estimate of drug-likeness (QED) is 0.298. The predicted molar refractivity (Wildman–Crippen MR) is 116 cm³/mol. The number of amides is 1. The highest BCUT2D eigenvalue weighted by atomic mass is 16.5. The van der Waals surface area contributed by atoms with Gasteiger partial charge in [0, 0.05) is 0 Å². The summed E-state index contributed by atoms with van der Waals surface area (Å²) in [6.45, 7) is 1.24. The molecule has 12 nitrogen and oxygen atoms in total. The summed E-state index contributed by atoms with van der Waals surface area (Å²) in [5.74, 6) is -4.62. The van der Waals surface area contributed by atoms with Gasteiger partial charge in [0.05, 0.1) is 51.5 Å². The van der Waals surface area contributed by atoms with Crippen LogP contribution in [-0.2, 0) is 33.4 Å². The van der Waals surface area contributed by atoms with Gasteiger partial charge in [-0.15, -0.1) is 0 Å². The van der Waals surface area contributed by atoms with Gasteiger partial charge in [0.25, 0.3) is 5.91 Å². The maximum Gasteiger partial charge on any atom is 0.338 e. The van der Waals surface area contributed by atoms with Crippen molar-refractivity contribution >= 4 is 30.0 Å². The molecule has 0 fully saturated rings. The van der Waals surface area contributed by atoms with E-state index in [1.165, 1.54) is 13.3 Å². The van der Waals surface area contributed by atoms with E-state index in [9.17, 15) is 24.4 Å². The molecule has 1 N–H and O–H groups in total. The minimum atomic E-state index is -1.67. The van der Waals surface area contributed by atoms with Gasteiger partial charge < -0.3 is 24.3 Å². The molecule has 0 radical (unpaired) electrons. The lowest BCUT2D eigenvalue weighted by atomic mass is 9.90. The van der Waals surface area contributed by atoms with E-state index >= 15 is 0 Å². The first-order valence-electron chi connectivity index (χ1n) is 10.0. The van der Waals surface area contributed by atoms with Gasteiger partial charge >= 0.3 is 17.9 Å². The zero-order valence-electron chi connectivity index (χ0n) is 19.1. The number of benzene rings is 1. The predicted octanol–water partition coefficient (Wildman–Crippen LogP) is 0.132. The van der Waals surface area contributed by atoms with Crippen LogP contribution in [0.5, 0.6) is 5.75 Å². The standard InChI is InChI=1S/C22H24N4O8/c1-5-34-16(27)12-24-18-15(10-23)20(28)26(19(22(30)33-4)17(18)21(29)32-3)25-11-13-6-8-14(31-2)9-7-13/h6-9,11,15,19,24H,5,12H2,1-4H3/b25-11+. The van der Waals surface area contributed by atoms with Crippen molar-refractivity contribution in [3.05, 3.63) is 41.1 Å². The molecule has 180 valence electrons. The van der Waals surface area contributed by atoms with Crippen LogP contribution in [-0.4, -0.2) is 75.6 Å². The van der Waals surface area contributed by atoms with Crippen molar-refractivity contribution in [1.82, 2.24) is 10.3 Å². The first-order chi connectivity index (χ1) is 16.3. The van der Waals surface area contributed by atoms with Gasteiger partial charge in [-0.1, -0.05) is 0 Å². The molecule has 1 heterocycles. The third kappa shape index (κ3) is 5.69. The van der Waals surface area contributed by atoms with Crippen molar-refractivity contribution < 1.29 is 38.1 Å². The van der Waals surface area contributed by atoms with Gasteiger partial charge in [0.15, 0.2) is 12.0 Å². The average Bonchev–Trinajstić information content (AvgIpc) is 2.85. The van der Waals surface area contributed by atoms with Crippen molar-refractivity contribution in [2.45, 2.75) is 13.0 Å². The van der Waals surface area contributed by atoms with Gasteiger partial charge in [-0.3, -0.25) is 9.59 Å². The Morgan fingerprint density at radius 2 is 1.85 bits per heavy atom. The monoisotopic (exact) mass is 472 g/mol. The summed E-state index contributed by atoms with van der Waals surface area (Å²) < 4.78 is 19.5. The van der Waals surface area contributed by atoms with Crippen LogP contribution in [0.4, 0.5) is 0 Å². The van der Waals surface area contributed by atoms with Gasteiger partial charge in [-0.25, -0.2) is 14.6 Å². The molecule has 2 rings (SSSR count). The summed E-state index contributed by atoms with van der Waals surface area (Å²) in [4.78, 5) is 50.3. The number of hydrogen-bond donors (Lipinski definition) is 1. The van der Waals surface area contributed by atoms with Crippen LogP contribution in [0.25, 0.3) is 0 Å². The SMILES string of the molecule is CCOC(=O)CNC1=C(C(=O)OC)C(C(=O)OC)N(/N=C/c2ccc(OC)cc2)C(=O)C1C#N. The molecule has 0 saturated heterocycles. The summed E-state index contributed by atoms with van der Waals surface area (Å²) >= 11 is 0. The lowest BCUT2D eigenvalue weighted by molar-refractivity contribution is -0.155. The van der Waals surface area contributed by atoms with Gasteiger partial charge in [0.2, 0.25) is 0 Å². The number of ether oxygens (including phenoxy) is 4. The normalized spacial score (nSPS) is 17.7. The largest absolute Gasteiger partial charge is 0.497 e. The highest BCUT2D eigenvalue weighted by Crippen LogP contribution is 2.30. The fraction of sp³-hybridized carbons (Fsp3) is 0.364. The number of nitrogens with one attached hydrogen (secondary N) is 1. The molecule has 1 aliphatic rings. The molecule has 1 aromatic carbocycles. The molecule has 12 heteroatoms. The molecule has 2 unspecified atom stereocenters. The molecule has 0 aromatic heterocycles. The molecule has 1 amide bonds. The second-order valence-electron chi connectivity index (χ2n) is 6.67. The Labute approximate surface area is 195 Å². The second kappa shape index (κ2) is 12.0. The van der Waals surface area contributed by atoms with E-state index in [1.807, 2.05) is 0 Å². The average molecular weight is 472 g/mol. The minimum Gasteiger partial charge on any atom is -0.497 e. The first-order valence-corrected chi connectivity index (χ1v) is 10.0. The van der Waals surface area contributed by atoms with Crippen molar-refractivity contribution in [3.63, 3.8) is 0 Å². The highest BCUT2D eigenvalue weighted by Gasteiger charge is 2.49. The number of esters is 3. The fourth-order valence-corrected chi connectivity index (χ4v) is 3.11. The molecule has 1 aromatic rings. The Morgan fingerprint density at radius 1 is 1.18 bits per heavy atom. The number of methoxy groups -OCH3 is 3. The van der Waals surface area contributed by atoms with E-state index in [0.717, 1.165) is 14.2 Å². The van der Waals surface area contributed by atoms with Crippen LogP contribution in [0.3, 0.4) is 0 Å². The van der Waals surface area contributed by atoms with Crippen molar-refractivity contribution in [3.8, 4) is 11.8 Å². The number of carbonyl (C=O) groups is 4. The van der Waals surface area contributed by atoms with E-state index in [2.05, 4.69) is 10.4 Å². The topological polar surface area (TPSA) is 157 Å². The van der Waals surface area contributed by atoms with Crippen LogP contribution in [0.2, 0.25) is 0 Å². The summed E-state index contributed by atoms with van der Waals surface area (Å²) in [7, 11) is 3.64. The molecule has 0 bridgehead atoms. The number of rotatable bonds is 9. The molecule has 0 saturated carbocycles. The zero-order valence-corrected chi connectivity index (χ0v) is 19.1. The number of nitriles is 1. The van der Waals surface area contributed by atoms with Crippen LogP contribution in [0.15, 0.2) is 40.6 Å². The number of carbonyl (C=O) groups excluding carboxylic acids is 4. The molecule has 0 spiro atoms. The van der Waals surface area contributed by atoms with Crippen LogP contribution < -0.4 is 10.1 Å². The van der Waals surface area contributed by atoms with Gasteiger partial charge in [-0.05, 0) is 36.8 Å². The summed E-state index contributed by atoms with van der Waals surface area (Å²) in [6, 6.07) is 6.72. The lowest BCUT2D eigenvalue weighted by Gasteiger charge is -2.34. The third-order valence-electron chi connectivity index (χ3n) is 4.70. The summed E-state index contributed by atoms with van der Waals surface area (Å²) in [6.07, 6.45) is 1.27. The number of hydrogen-bond acceptors (Lipinski definition) is 11. The molecular weight excluding hydrogens is 448 g/mol. The number of hydrazone groups is 1. The van der Waals surface area contributed by atoms with Crippen LogP contribution in [0.1, 0.15) is 12.5 Å².